The fraction of sp³-hybridized carbons (Fsp3) is 0.0769. The number of hydrogen-bond acceptors (Lipinski definition) is 2. The van der Waals surface area contributed by atoms with Crippen LogP contribution in [0.15, 0.2) is 48.3 Å². The molecule has 0 spiro atoms. The summed E-state index contributed by atoms with van der Waals surface area (Å²) in [6.45, 7) is 0. The van der Waals surface area contributed by atoms with Gasteiger partial charge < -0.3 is 9.67 Å². The minimum absolute atomic E-state index is 0.283. The van der Waals surface area contributed by atoms with Gasteiger partial charge in [0.1, 0.15) is 11.6 Å². The van der Waals surface area contributed by atoms with Crippen molar-refractivity contribution < 1.29 is 9.90 Å². The van der Waals surface area contributed by atoms with Crippen LogP contribution in [0.5, 0.6) is 0 Å². The number of hydrogen-bond donors (Lipinski definition) is 1. The Bertz CT molecular complexity index is 528. The SMILES string of the molecule is Cn1ccc(C=CC=CC=C(C#N)C(=O)O)c1. The van der Waals surface area contributed by atoms with E-state index in [4.69, 9.17) is 10.4 Å². The number of nitriles is 1. The standard InChI is InChI=1S/C13H12N2O2/c1-15-8-7-11(10-15)5-3-2-4-6-12(9-14)13(16)17/h2-8,10H,1H3,(H,16,17). The summed E-state index contributed by atoms with van der Waals surface area (Å²) < 4.78 is 1.93. The topological polar surface area (TPSA) is 66.0 Å². The van der Waals surface area contributed by atoms with Crippen molar-refractivity contribution in [3.05, 3.63) is 53.9 Å². The van der Waals surface area contributed by atoms with Crippen LogP contribution >= 0.6 is 0 Å². The van der Waals surface area contributed by atoms with Crippen LogP contribution in [0.1, 0.15) is 5.56 Å². The average molecular weight is 228 g/mol. The van der Waals surface area contributed by atoms with E-state index in [1.807, 2.05) is 36.2 Å². The summed E-state index contributed by atoms with van der Waals surface area (Å²) in [6, 6.07) is 3.55. The number of allylic oxidation sites excluding steroid dienone is 4. The van der Waals surface area contributed by atoms with Gasteiger partial charge in [-0.25, -0.2) is 4.79 Å². The summed E-state index contributed by atoms with van der Waals surface area (Å²) in [5.41, 5.74) is 0.772. The summed E-state index contributed by atoms with van der Waals surface area (Å²) in [4.78, 5) is 10.5. The maximum absolute atomic E-state index is 10.5. The lowest BCUT2D eigenvalue weighted by molar-refractivity contribution is -0.132. The lowest BCUT2D eigenvalue weighted by Crippen LogP contribution is -1.96. The van der Waals surface area contributed by atoms with Crippen molar-refractivity contribution in [2.75, 3.05) is 0 Å². The summed E-state index contributed by atoms with van der Waals surface area (Å²) in [5, 5.41) is 17.0. The Morgan fingerprint density at radius 2 is 2.24 bits per heavy atom. The molecular weight excluding hydrogens is 216 g/mol. The van der Waals surface area contributed by atoms with E-state index in [0.29, 0.717) is 0 Å². The van der Waals surface area contributed by atoms with Crippen LogP contribution in [0.25, 0.3) is 6.08 Å². The number of carbonyl (C=O) groups is 1. The maximum Gasteiger partial charge on any atom is 0.346 e. The van der Waals surface area contributed by atoms with Crippen molar-refractivity contribution in [1.82, 2.24) is 4.57 Å². The highest BCUT2D eigenvalue weighted by Gasteiger charge is 2.01. The Balaban J connectivity index is 2.59. The molecule has 0 unspecified atom stereocenters. The smallest absolute Gasteiger partial charge is 0.346 e. The highest BCUT2D eigenvalue weighted by Crippen LogP contribution is 2.02. The molecule has 0 aliphatic carbocycles. The molecule has 0 aliphatic heterocycles. The molecule has 1 rings (SSSR count). The Kier molecular flexibility index (Phi) is 4.52. The van der Waals surface area contributed by atoms with Gasteiger partial charge in [0.05, 0.1) is 0 Å². The minimum Gasteiger partial charge on any atom is -0.477 e. The Morgan fingerprint density at radius 3 is 2.76 bits per heavy atom. The average Bonchev–Trinajstić information content (AvgIpc) is 2.69. The fourth-order valence-corrected chi connectivity index (χ4v) is 1.16. The first-order chi connectivity index (χ1) is 8.13. The monoisotopic (exact) mass is 228 g/mol. The number of carboxylic acid groups (broad SMARTS) is 1. The van der Waals surface area contributed by atoms with Crippen molar-refractivity contribution in [3.8, 4) is 6.07 Å². The third kappa shape index (κ3) is 4.22. The molecule has 0 saturated heterocycles. The summed E-state index contributed by atoms with van der Waals surface area (Å²) in [7, 11) is 1.93. The van der Waals surface area contributed by atoms with Crippen molar-refractivity contribution in [2.45, 2.75) is 0 Å². The van der Waals surface area contributed by atoms with Gasteiger partial charge >= 0.3 is 5.97 Å². The molecule has 0 aromatic carbocycles. The van der Waals surface area contributed by atoms with Gasteiger partial charge in [0, 0.05) is 19.4 Å². The van der Waals surface area contributed by atoms with Gasteiger partial charge in [-0.15, -0.1) is 0 Å². The Hall–Kier alpha value is -2.54. The van der Waals surface area contributed by atoms with E-state index in [0.717, 1.165) is 5.56 Å². The largest absolute Gasteiger partial charge is 0.477 e. The number of aryl methyl sites for hydroxylation is 1. The third-order valence-electron chi connectivity index (χ3n) is 1.98. The second-order valence-electron chi connectivity index (χ2n) is 3.35. The van der Waals surface area contributed by atoms with Crippen LogP contribution in [-0.2, 0) is 11.8 Å². The first-order valence-electron chi connectivity index (χ1n) is 4.94. The molecule has 0 fully saturated rings. The molecule has 4 nitrogen and oxygen atoms in total. The normalized spacial score (nSPS) is 12.1. The van der Waals surface area contributed by atoms with Crippen molar-refractivity contribution in [2.24, 2.45) is 7.05 Å². The summed E-state index contributed by atoms with van der Waals surface area (Å²) in [6.07, 6.45) is 12.0. The van der Waals surface area contributed by atoms with E-state index in [9.17, 15) is 4.79 Å². The molecule has 1 N–H and O–H groups in total. The van der Waals surface area contributed by atoms with Crippen LogP contribution in [-0.4, -0.2) is 15.6 Å². The molecule has 0 bridgehead atoms. The van der Waals surface area contributed by atoms with Gasteiger partial charge in [0.15, 0.2) is 0 Å². The Morgan fingerprint density at radius 1 is 1.47 bits per heavy atom. The van der Waals surface area contributed by atoms with Gasteiger partial charge in [-0.2, -0.15) is 5.26 Å². The van der Waals surface area contributed by atoms with Crippen LogP contribution in [0.2, 0.25) is 0 Å². The van der Waals surface area contributed by atoms with Crippen LogP contribution in [0, 0.1) is 11.3 Å². The number of nitrogens with zero attached hydrogens (tertiary/aromatic N) is 2. The lowest BCUT2D eigenvalue weighted by Gasteiger charge is -1.85. The van der Waals surface area contributed by atoms with Gasteiger partial charge in [0.25, 0.3) is 0 Å². The number of aliphatic carboxylic acids is 1. The quantitative estimate of drug-likeness (QED) is 0.487. The van der Waals surface area contributed by atoms with Gasteiger partial charge in [-0.1, -0.05) is 24.3 Å². The predicted molar refractivity (Wildman–Crippen MR) is 64.9 cm³/mol. The third-order valence-corrected chi connectivity index (χ3v) is 1.98. The molecule has 0 saturated carbocycles. The molecule has 0 radical (unpaired) electrons. The highest BCUT2D eigenvalue weighted by atomic mass is 16.4. The van der Waals surface area contributed by atoms with Gasteiger partial charge in [0.2, 0.25) is 0 Å². The Labute approximate surface area is 99.4 Å². The number of rotatable bonds is 4. The molecule has 0 amide bonds. The molecule has 17 heavy (non-hydrogen) atoms. The summed E-state index contributed by atoms with van der Waals surface area (Å²) in [5.74, 6) is -1.22. The van der Waals surface area contributed by atoms with Crippen molar-refractivity contribution in [3.63, 3.8) is 0 Å². The highest BCUT2D eigenvalue weighted by molar-refractivity contribution is 5.91. The van der Waals surface area contributed by atoms with Gasteiger partial charge in [-0.05, 0) is 17.7 Å². The zero-order chi connectivity index (χ0) is 12.7. The molecule has 0 atom stereocenters. The van der Waals surface area contributed by atoms with Crippen molar-refractivity contribution in [1.29, 1.82) is 5.26 Å². The van der Waals surface area contributed by atoms with E-state index in [-0.39, 0.29) is 5.57 Å². The molecule has 0 aliphatic rings. The van der Waals surface area contributed by atoms with Crippen LogP contribution < -0.4 is 0 Å². The molecule has 1 aromatic heterocycles. The zero-order valence-corrected chi connectivity index (χ0v) is 9.37. The summed E-state index contributed by atoms with van der Waals surface area (Å²) >= 11 is 0. The lowest BCUT2D eigenvalue weighted by atomic mass is 10.2. The van der Waals surface area contributed by atoms with Crippen LogP contribution in [0.4, 0.5) is 0 Å². The second kappa shape index (κ2) is 6.13. The molecule has 1 aromatic rings. The van der Waals surface area contributed by atoms with E-state index < -0.39 is 5.97 Å². The van der Waals surface area contributed by atoms with E-state index >= 15 is 0 Å². The predicted octanol–water partition coefficient (Wildman–Crippen LogP) is 2.13. The zero-order valence-electron chi connectivity index (χ0n) is 9.37. The maximum atomic E-state index is 10.5. The van der Waals surface area contributed by atoms with E-state index in [1.165, 1.54) is 12.2 Å². The molecule has 86 valence electrons. The number of carboxylic acids is 1. The van der Waals surface area contributed by atoms with Gasteiger partial charge in [-0.3, -0.25) is 0 Å². The molecular formula is C13H12N2O2. The van der Waals surface area contributed by atoms with E-state index in [1.54, 1.807) is 18.2 Å². The first kappa shape index (κ1) is 12.5. The number of aromatic nitrogens is 1. The molecule has 1 heterocycles. The molecule has 4 heteroatoms. The fourth-order valence-electron chi connectivity index (χ4n) is 1.16. The van der Waals surface area contributed by atoms with Crippen LogP contribution in [0.3, 0.4) is 0 Å². The minimum atomic E-state index is -1.22. The van der Waals surface area contributed by atoms with Crippen molar-refractivity contribution >= 4 is 12.0 Å². The second-order valence-corrected chi connectivity index (χ2v) is 3.35. The van der Waals surface area contributed by atoms with E-state index in [2.05, 4.69) is 0 Å². The first-order valence-corrected chi connectivity index (χ1v) is 4.94.